The molecule has 0 saturated carbocycles. The predicted octanol–water partition coefficient (Wildman–Crippen LogP) is 3.36. The average molecular weight is 438 g/mol. The fourth-order valence-electron chi connectivity index (χ4n) is 2.34. The number of anilines is 1. The molecule has 0 aliphatic rings. The van der Waals surface area contributed by atoms with Crippen molar-refractivity contribution in [1.29, 1.82) is 0 Å². The van der Waals surface area contributed by atoms with Crippen LogP contribution in [0.15, 0.2) is 52.9 Å². The number of halogens is 1. The van der Waals surface area contributed by atoms with E-state index in [-0.39, 0.29) is 27.6 Å². The summed E-state index contributed by atoms with van der Waals surface area (Å²) in [5.41, 5.74) is 1.38. The van der Waals surface area contributed by atoms with Crippen LogP contribution >= 0.6 is 22.9 Å². The molecule has 1 aromatic heterocycles. The van der Waals surface area contributed by atoms with Gasteiger partial charge in [-0.05, 0) is 35.4 Å². The minimum atomic E-state index is -3.67. The number of aromatic nitrogens is 2. The van der Waals surface area contributed by atoms with E-state index >= 15 is 0 Å². The molecule has 0 atom stereocenters. The van der Waals surface area contributed by atoms with E-state index in [9.17, 15) is 13.2 Å². The lowest BCUT2D eigenvalue weighted by atomic mass is 10.1. The van der Waals surface area contributed by atoms with Gasteiger partial charge in [0.05, 0.1) is 19.3 Å². The summed E-state index contributed by atoms with van der Waals surface area (Å²) in [5.74, 6) is 0.158. The van der Waals surface area contributed by atoms with Gasteiger partial charge >= 0.3 is 0 Å². The molecule has 0 spiro atoms. The van der Waals surface area contributed by atoms with E-state index in [1.165, 1.54) is 0 Å². The number of hydrogen-bond acceptors (Lipinski definition) is 7. The highest BCUT2D eigenvalue weighted by Crippen LogP contribution is 2.24. The summed E-state index contributed by atoms with van der Waals surface area (Å²) in [6.45, 7) is 0. The molecule has 10 heteroatoms. The van der Waals surface area contributed by atoms with Crippen LogP contribution in [0.4, 0.5) is 5.13 Å². The zero-order valence-corrected chi connectivity index (χ0v) is 17.1. The third kappa shape index (κ3) is 5.28. The highest BCUT2D eigenvalue weighted by molar-refractivity contribution is 7.92. The Morgan fingerprint density at radius 2 is 1.71 bits per heavy atom. The van der Waals surface area contributed by atoms with Crippen molar-refractivity contribution in [2.45, 2.75) is 16.5 Å². The number of rotatable bonds is 7. The lowest BCUT2D eigenvalue weighted by Crippen LogP contribution is -2.14. The molecule has 1 N–H and O–H groups in total. The van der Waals surface area contributed by atoms with Crippen LogP contribution in [-0.4, -0.2) is 31.6 Å². The highest BCUT2D eigenvalue weighted by Gasteiger charge is 2.21. The van der Waals surface area contributed by atoms with Gasteiger partial charge in [-0.3, -0.25) is 4.79 Å². The lowest BCUT2D eigenvalue weighted by molar-refractivity contribution is -0.115. The van der Waals surface area contributed by atoms with Crippen molar-refractivity contribution in [2.75, 3.05) is 12.4 Å². The Morgan fingerprint density at radius 1 is 1.07 bits per heavy atom. The summed E-state index contributed by atoms with van der Waals surface area (Å²) in [6, 6.07) is 13.6. The molecule has 3 aromatic rings. The first-order valence-corrected chi connectivity index (χ1v) is 10.9. The maximum atomic E-state index is 12.5. The second kappa shape index (κ2) is 8.68. The van der Waals surface area contributed by atoms with Crippen LogP contribution in [0.1, 0.15) is 11.1 Å². The second-order valence-corrected chi connectivity index (χ2v) is 9.41. The fourth-order valence-corrected chi connectivity index (χ4v) is 4.80. The summed E-state index contributed by atoms with van der Waals surface area (Å²) >= 11 is 6.63. The molecule has 28 heavy (non-hydrogen) atoms. The van der Waals surface area contributed by atoms with E-state index < -0.39 is 9.84 Å². The van der Waals surface area contributed by atoms with Crippen LogP contribution in [-0.2, 0) is 26.8 Å². The van der Waals surface area contributed by atoms with Crippen molar-refractivity contribution in [3.63, 3.8) is 0 Å². The Kier molecular flexibility index (Phi) is 6.28. The van der Waals surface area contributed by atoms with E-state index in [2.05, 4.69) is 15.5 Å². The molecule has 1 amide bonds. The third-order valence-corrected chi connectivity index (χ3v) is 6.94. The van der Waals surface area contributed by atoms with Gasteiger partial charge in [-0.15, -0.1) is 10.2 Å². The predicted molar refractivity (Wildman–Crippen MR) is 108 cm³/mol. The minimum Gasteiger partial charge on any atom is -0.497 e. The molecular weight excluding hydrogens is 422 g/mol. The fraction of sp³-hybridized carbons (Fsp3) is 0.167. The third-order valence-electron chi connectivity index (χ3n) is 3.71. The van der Waals surface area contributed by atoms with Crippen molar-refractivity contribution in [3.8, 4) is 5.75 Å². The van der Waals surface area contributed by atoms with E-state index in [0.29, 0.717) is 16.3 Å². The molecule has 0 aliphatic carbocycles. The van der Waals surface area contributed by atoms with Crippen LogP contribution in [0.25, 0.3) is 0 Å². The van der Waals surface area contributed by atoms with Crippen molar-refractivity contribution in [3.05, 3.63) is 64.7 Å². The molecule has 0 bridgehead atoms. The highest BCUT2D eigenvalue weighted by atomic mass is 35.5. The first-order chi connectivity index (χ1) is 13.4. The number of benzene rings is 2. The lowest BCUT2D eigenvalue weighted by Gasteiger charge is -2.03. The van der Waals surface area contributed by atoms with Crippen molar-refractivity contribution >= 4 is 43.8 Å². The molecule has 0 unspecified atom stereocenters. The number of carbonyl (C=O) groups excluding carboxylic acids is 1. The van der Waals surface area contributed by atoms with Gasteiger partial charge in [-0.2, -0.15) is 0 Å². The van der Waals surface area contributed by atoms with E-state index in [4.69, 9.17) is 16.3 Å². The molecular formula is C18H16ClN3O4S2. The number of methoxy groups -OCH3 is 1. The average Bonchev–Trinajstić information content (AvgIpc) is 3.13. The zero-order valence-electron chi connectivity index (χ0n) is 14.8. The van der Waals surface area contributed by atoms with Crippen LogP contribution < -0.4 is 10.1 Å². The van der Waals surface area contributed by atoms with E-state index in [1.807, 2.05) is 0 Å². The number of nitrogens with zero attached hydrogens (tertiary/aromatic N) is 2. The summed E-state index contributed by atoms with van der Waals surface area (Å²) in [5, 5.41) is 10.7. The zero-order chi connectivity index (χ0) is 20.1. The van der Waals surface area contributed by atoms with Gasteiger partial charge in [-0.25, -0.2) is 8.42 Å². The van der Waals surface area contributed by atoms with Crippen LogP contribution in [0, 0.1) is 0 Å². The number of nitrogens with one attached hydrogen (secondary N) is 1. The van der Waals surface area contributed by atoms with Gasteiger partial charge in [-0.1, -0.05) is 47.2 Å². The minimum absolute atomic E-state index is 0.121. The summed E-state index contributed by atoms with van der Waals surface area (Å²) < 4.78 is 29.9. The Hall–Kier alpha value is -2.49. The maximum Gasteiger partial charge on any atom is 0.234 e. The summed E-state index contributed by atoms with van der Waals surface area (Å²) in [4.78, 5) is 12.2. The van der Waals surface area contributed by atoms with Crippen molar-refractivity contribution < 1.29 is 17.9 Å². The smallest absolute Gasteiger partial charge is 0.234 e. The SMILES string of the molecule is COc1ccc(CC(=O)Nc2nnc(S(=O)(=O)Cc3ccc(Cl)cc3)s2)cc1. The Bertz CT molecular complexity index is 1060. The van der Waals surface area contributed by atoms with Crippen LogP contribution in [0.5, 0.6) is 5.75 Å². The molecule has 0 aliphatic heterocycles. The van der Waals surface area contributed by atoms with Gasteiger partial charge in [0, 0.05) is 5.02 Å². The monoisotopic (exact) mass is 437 g/mol. The van der Waals surface area contributed by atoms with Gasteiger partial charge < -0.3 is 10.1 Å². The molecule has 7 nitrogen and oxygen atoms in total. The first kappa shape index (κ1) is 20.2. The van der Waals surface area contributed by atoms with Gasteiger partial charge in [0.25, 0.3) is 0 Å². The number of carbonyl (C=O) groups is 1. The van der Waals surface area contributed by atoms with Gasteiger partial charge in [0.2, 0.25) is 25.2 Å². The summed E-state index contributed by atoms with van der Waals surface area (Å²) in [7, 11) is -2.11. The molecule has 0 radical (unpaired) electrons. The molecule has 2 aromatic carbocycles. The van der Waals surface area contributed by atoms with E-state index in [0.717, 1.165) is 16.9 Å². The number of hydrogen-bond donors (Lipinski definition) is 1. The molecule has 0 fully saturated rings. The van der Waals surface area contributed by atoms with E-state index in [1.54, 1.807) is 55.6 Å². The molecule has 0 saturated heterocycles. The summed E-state index contributed by atoms with van der Waals surface area (Å²) in [6.07, 6.45) is 0.121. The maximum absolute atomic E-state index is 12.5. The van der Waals surface area contributed by atoms with Crippen molar-refractivity contribution in [2.24, 2.45) is 0 Å². The number of ether oxygens (including phenoxy) is 1. The van der Waals surface area contributed by atoms with Crippen molar-refractivity contribution in [1.82, 2.24) is 10.2 Å². The second-order valence-electron chi connectivity index (χ2n) is 5.83. The van der Waals surface area contributed by atoms with Crippen LogP contribution in [0.3, 0.4) is 0 Å². The normalized spacial score (nSPS) is 11.2. The quantitative estimate of drug-likeness (QED) is 0.569. The Morgan fingerprint density at radius 3 is 2.36 bits per heavy atom. The number of amides is 1. The number of sulfone groups is 1. The van der Waals surface area contributed by atoms with Gasteiger partial charge in [0.1, 0.15) is 5.75 Å². The van der Waals surface area contributed by atoms with Gasteiger partial charge in [0.15, 0.2) is 0 Å². The molecule has 1 heterocycles. The standard InChI is InChI=1S/C18H16ClN3O4S2/c1-26-15-8-4-12(5-9-15)10-16(23)20-17-21-22-18(27-17)28(24,25)11-13-2-6-14(19)7-3-13/h2-9H,10-11H2,1H3,(H,20,21,23). The van der Waals surface area contributed by atoms with Crippen LogP contribution in [0.2, 0.25) is 5.02 Å². The topological polar surface area (TPSA) is 98.2 Å². The first-order valence-electron chi connectivity index (χ1n) is 8.09. The largest absolute Gasteiger partial charge is 0.497 e. The Labute approximate surface area is 171 Å². The molecule has 146 valence electrons. The Balaban J connectivity index is 1.63. The molecule has 3 rings (SSSR count).